The summed E-state index contributed by atoms with van der Waals surface area (Å²) in [5, 5.41) is 12.9. The van der Waals surface area contributed by atoms with E-state index < -0.39 is 72.5 Å². The van der Waals surface area contributed by atoms with Crippen LogP contribution in [-0.4, -0.2) is 0 Å². The minimum Gasteiger partial charge on any atom is -0.456 e. The van der Waals surface area contributed by atoms with Crippen LogP contribution in [0.4, 0.5) is 0 Å². The number of benzene rings is 25. The highest BCUT2D eigenvalue weighted by molar-refractivity contribution is 6.30. The van der Waals surface area contributed by atoms with Crippen LogP contribution >= 0.6 is 0 Å². The number of hydrogen-bond acceptors (Lipinski definition) is 3. The minimum absolute atomic E-state index is 0.162. The molecule has 0 radical (unpaired) electrons. The molecule has 28 aromatic rings. The van der Waals surface area contributed by atoms with E-state index in [1.54, 1.807) is 18.2 Å². The van der Waals surface area contributed by atoms with Crippen LogP contribution in [0, 0.1) is 0 Å². The Morgan fingerprint density at radius 1 is 0.133 bits per heavy atom. The van der Waals surface area contributed by atoms with E-state index in [0.717, 1.165) is 93.0 Å². The summed E-state index contributed by atoms with van der Waals surface area (Å²) in [6.45, 7) is 0. The van der Waals surface area contributed by atoms with E-state index in [4.69, 9.17) is 29.7 Å². The van der Waals surface area contributed by atoms with Crippen molar-refractivity contribution in [3.05, 3.63) is 497 Å². The summed E-state index contributed by atoms with van der Waals surface area (Å²) in [6.07, 6.45) is 0. The monoisotopic (exact) mass is 1740 g/mol. The lowest BCUT2D eigenvalue weighted by Gasteiger charge is -2.19. The topological polar surface area (TPSA) is 39.4 Å². The van der Waals surface area contributed by atoms with Crippen molar-refractivity contribution in [3.63, 3.8) is 0 Å². The van der Waals surface area contributed by atoms with E-state index in [9.17, 15) is 16.4 Å². The Kier molecular flexibility index (Phi) is 13.9. The smallest absolute Gasteiger partial charge is 0.136 e. The summed E-state index contributed by atoms with van der Waals surface area (Å²) in [7, 11) is 0. The van der Waals surface area contributed by atoms with Crippen LogP contribution in [0.3, 0.4) is 0 Å². The first kappa shape index (κ1) is 57.3. The van der Waals surface area contributed by atoms with Crippen LogP contribution in [0.15, 0.2) is 510 Å². The van der Waals surface area contributed by atoms with Crippen molar-refractivity contribution in [1.29, 1.82) is 0 Å². The van der Waals surface area contributed by atoms with Gasteiger partial charge < -0.3 is 13.3 Å². The second-order valence-electron chi connectivity index (χ2n) is 33.4. The fourth-order valence-corrected chi connectivity index (χ4v) is 20.4. The molecule has 3 heteroatoms. The summed E-state index contributed by atoms with van der Waals surface area (Å²) in [6, 6.07) is 104. The van der Waals surface area contributed by atoms with Crippen LogP contribution in [0.5, 0.6) is 0 Å². The van der Waals surface area contributed by atoms with Gasteiger partial charge in [0.05, 0.1) is 32.9 Å². The molecule has 0 amide bonds. The lowest BCUT2D eigenvalue weighted by molar-refractivity contribution is 0.668. The first-order chi connectivity index (χ1) is 77.0. The SMILES string of the molecule is [2H]c1c([2H])c([2H])c2c(-c3cccc4oc5ccccc5c34)c3c([2H])c([2H])c([2H])c([2H])c3c(-c3ccc(-c4cccc5ccc6ccccc6c45)cc3)c2c1[2H].[2H]c1c([2H])c([2H])c2c(-c3cccc4oc5ccccc5c34)c3c([2H])c([2H])c([2H])c([2H])c3c(-c3ccc(-c4ccccc4)c(-c4ccccc4)c3)c2c1[2H].[2H]c1c([2H])c([2H])c2c(-c3cccc4oc5ccccc5c34)c3c([2H])c([2H])c([2H])c([2H])c3c(-c3cccc(-c4cccc5ccccc45)c3)c2c1[2H]. The number of fused-ring (bicyclic) bond motifs is 19. The van der Waals surface area contributed by atoms with Crippen molar-refractivity contribution in [2.75, 3.05) is 0 Å². The molecule has 0 saturated heterocycles. The Labute approximate surface area is 812 Å². The number of hydrogen-bond donors (Lipinski definition) is 0. The zero-order valence-electron chi connectivity index (χ0n) is 95.7. The molecule has 0 saturated carbocycles. The summed E-state index contributed by atoms with van der Waals surface area (Å²) < 4.78 is 237. The first-order valence-electron chi connectivity index (χ1n) is 56.4. The van der Waals surface area contributed by atoms with Gasteiger partial charge in [0, 0.05) is 32.3 Å². The Morgan fingerprint density at radius 2 is 0.407 bits per heavy atom. The first-order valence-corrected chi connectivity index (χ1v) is 44.4. The fraction of sp³-hybridized carbons (Fsp3) is 0. The van der Waals surface area contributed by atoms with Gasteiger partial charge >= 0.3 is 0 Å². The predicted molar refractivity (Wildman–Crippen MR) is 573 cm³/mol. The second-order valence-corrected chi connectivity index (χ2v) is 33.4. The van der Waals surface area contributed by atoms with E-state index in [2.05, 4.69) is 36.4 Å². The van der Waals surface area contributed by atoms with E-state index >= 15 is 0 Å². The van der Waals surface area contributed by atoms with Crippen LogP contribution in [0.25, 0.3) is 274 Å². The Bertz CT molecular complexity index is 11000. The van der Waals surface area contributed by atoms with Crippen LogP contribution in [0.2, 0.25) is 0 Å². The van der Waals surface area contributed by atoms with E-state index in [1.807, 2.05) is 297 Å². The van der Waals surface area contributed by atoms with Gasteiger partial charge in [0.25, 0.3) is 0 Å². The molecule has 0 bridgehead atoms. The molecule has 628 valence electrons. The summed E-state index contributed by atoms with van der Waals surface area (Å²) in [5.41, 5.74) is 16.0. The molecule has 0 unspecified atom stereocenters. The quantitative estimate of drug-likeness (QED) is 0.101. The van der Waals surface area contributed by atoms with Crippen molar-refractivity contribution >= 4 is 163 Å². The molecule has 0 spiro atoms. The molecule has 25 aromatic carbocycles. The molecular formula is C132H82O3. The Morgan fingerprint density at radius 3 is 0.852 bits per heavy atom. The zero-order valence-corrected chi connectivity index (χ0v) is 71.7. The highest BCUT2D eigenvalue weighted by Crippen LogP contribution is 2.53. The third-order valence-electron chi connectivity index (χ3n) is 26.1. The van der Waals surface area contributed by atoms with Gasteiger partial charge in [0.1, 0.15) is 33.5 Å². The van der Waals surface area contributed by atoms with Gasteiger partial charge in [-0.25, -0.2) is 0 Å². The number of para-hydroxylation sites is 3. The van der Waals surface area contributed by atoms with Crippen molar-refractivity contribution in [2.24, 2.45) is 0 Å². The molecule has 135 heavy (non-hydrogen) atoms. The molecule has 28 rings (SSSR count). The summed E-state index contributed by atoms with van der Waals surface area (Å²) >= 11 is 0. The Hall–Kier alpha value is -17.8. The van der Waals surface area contributed by atoms with E-state index in [1.165, 1.54) is 0 Å². The zero-order chi connectivity index (χ0) is 110. The number of rotatable bonds is 10. The highest BCUT2D eigenvalue weighted by atomic mass is 16.3. The van der Waals surface area contributed by atoms with Crippen molar-refractivity contribution in [1.82, 2.24) is 0 Å². The van der Waals surface area contributed by atoms with E-state index in [0.29, 0.717) is 116 Å². The molecule has 0 aliphatic rings. The maximum Gasteiger partial charge on any atom is 0.136 e. The lowest BCUT2D eigenvalue weighted by Crippen LogP contribution is -1.92. The fourth-order valence-electron chi connectivity index (χ4n) is 20.4. The maximum atomic E-state index is 9.43. The molecule has 3 nitrogen and oxygen atoms in total. The van der Waals surface area contributed by atoms with Gasteiger partial charge in [-0.1, -0.05) is 448 Å². The van der Waals surface area contributed by atoms with Crippen molar-refractivity contribution in [2.45, 2.75) is 0 Å². The lowest BCUT2D eigenvalue weighted by atomic mass is 9.83. The molecule has 0 N–H and O–H groups in total. The van der Waals surface area contributed by atoms with Gasteiger partial charge in [0.2, 0.25) is 0 Å². The average Bonchev–Trinajstić information content (AvgIpc) is 1.64. The normalized spacial score (nSPS) is 14.2. The van der Waals surface area contributed by atoms with Crippen LogP contribution in [-0.2, 0) is 0 Å². The van der Waals surface area contributed by atoms with Crippen molar-refractivity contribution < 1.29 is 46.1 Å². The largest absolute Gasteiger partial charge is 0.456 e. The van der Waals surface area contributed by atoms with Gasteiger partial charge in [-0.2, -0.15) is 0 Å². The molecule has 3 aromatic heterocycles. The maximum absolute atomic E-state index is 9.43. The average molecular weight is 1740 g/mol. The van der Waals surface area contributed by atoms with Crippen LogP contribution in [0.1, 0.15) is 32.9 Å². The van der Waals surface area contributed by atoms with Gasteiger partial charge in [-0.15, -0.1) is 0 Å². The minimum atomic E-state index is -0.441. The molecule has 0 aliphatic heterocycles. The molecule has 3 heterocycles. The second kappa shape index (κ2) is 32.7. The molecule has 0 fully saturated rings. The summed E-state index contributed by atoms with van der Waals surface area (Å²) in [4.78, 5) is 0. The highest BCUT2D eigenvalue weighted by Gasteiger charge is 2.27. The number of furan rings is 3. The van der Waals surface area contributed by atoms with Gasteiger partial charge in [0.15, 0.2) is 0 Å². The van der Waals surface area contributed by atoms with E-state index in [-0.39, 0.29) is 137 Å². The molecule has 0 aliphatic carbocycles. The predicted octanol–water partition coefficient (Wildman–Crippen LogP) is 37.8. The third-order valence-corrected chi connectivity index (χ3v) is 26.1. The third kappa shape index (κ3) is 13.2. The van der Waals surface area contributed by atoms with Crippen molar-refractivity contribution in [3.8, 4) is 111 Å². The Balaban J connectivity index is 0.000000118. The standard InChI is InChI=1S/C46H28O.C44H28O.C42H26O/c1-2-13-33-29(11-1)23-26-31-12-9-19-34(43(31)33)30-24-27-32(28-25-30)44-35-14-3-5-16-37(35)45(38-17-6-4-15-36(38)44)40-20-10-22-42-46(40)39-18-7-8-21-41(39)47-42;1-3-14-29(15-4-1)32-27-26-31(28-39(32)30-16-5-2-6-17-30)42-33-18-7-9-20-35(33)43(36-21-10-8-19-34(36)42)38-23-13-25-41-44(38)37-22-11-12-24-40(37)45-41;1-2-16-30-27(12-1)13-10-22-31(30)28-14-9-15-29(26-28)40-32-17-3-5-19-34(32)41(35-20-6-4-18-33(35)40)37-23-11-25-39-42(37)36-21-7-8-24-38(36)43-39/h1-28H;1-28H;1-26H/i3D,4D,5D,6D,14D,15D,16D,17D;7D,8D,9D,10D,18D,19D,20D,21D;3D,4D,5D,6D,17D,18D,19D,20D. The summed E-state index contributed by atoms with van der Waals surface area (Å²) in [5.74, 6) is 0. The molecule has 0 atom stereocenters. The van der Waals surface area contributed by atoms with Gasteiger partial charge in [-0.05, 0) is 257 Å². The molecular weight excluding hydrogens is 1630 g/mol. The van der Waals surface area contributed by atoms with Gasteiger partial charge in [-0.3, -0.25) is 0 Å². The van der Waals surface area contributed by atoms with Crippen LogP contribution < -0.4 is 0 Å².